The molecule has 2 atom stereocenters. The Hall–Kier alpha value is -1.26. The van der Waals surface area contributed by atoms with Gasteiger partial charge < -0.3 is 14.6 Å². The van der Waals surface area contributed by atoms with Crippen molar-refractivity contribution in [2.45, 2.75) is 12.4 Å². The standard InChI is InChI=1S/C9H7FO3/c10-5-1-2-6-7(3-5)9(12)13-8(6)4-11/h1-4,8-9,12H. The third kappa shape index (κ3) is 1.24. The Morgan fingerprint density at radius 2 is 2.23 bits per heavy atom. The summed E-state index contributed by atoms with van der Waals surface area (Å²) in [4.78, 5) is 10.5. The lowest BCUT2D eigenvalue weighted by molar-refractivity contribution is -0.141. The lowest BCUT2D eigenvalue weighted by Gasteiger charge is -2.01. The Kier molecular flexibility index (Phi) is 1.86. The molecule has 0 aliphatic carbocycles. The first kappa shape index (κ1) is 8.34. The molecular weight excluding hydrogens is 175 g/mol. The van der Waals surface area contributed by atoms with Gasteiger partial charge in [-0.3, -0.25) is 0 Å². The lowest BCUT2D eigenvalue weighted by Crippen LogP contribution is -1.97. The first-order valence-corrected chi connectivity index (χ1v) is 3.80. The maximum Gasteiger partial charge on any atom is 0.182 e. The molecule has 0 spiro atoms. The number of halogens is 1. The van der Waals surface area contributed by atoms with E-state index in [0.717, 1.165) is 0 Å². The molecular formula is C9H7FO3. The third-order valence-corrected chi connectivity index (χ3v) is 2.02. The zero-order valence-electron chi connectivity index (χ0n) is 6.61. The largest absolute Gasteiger partial charge is 0.364 e. The molecule has 1 N–H and O–H groups in total. The summed E-state index contributed by atoms with van der Waals surface area (Å²) in [7, 11) is 0. The van der Waals surface area contributed by atoms with Crippen molar-refractivity contribution in [2.75, 3.05) is 0 Å². The molecule has 68 valence electrons. The van der Waals surface area contributed by atoms with Crippen molar-refractivity contribution in [2.24, 2.45) is 0 Å². The summed E-state index contributed by atoms with van der Waals surface area (Å²) in [6.07, 6.45) is -1.39. The minimum absolute atomic E-state index is 0.331. The highest BCUT2D eigenvalue weighted by Gasteiger charge is 2.30. The monoisotopic (exact) mass is 182 g/mol. The molecule has 0 saturated heterocycles. The second-order valence-electron chi connectivity index (χ2n) is 2.82. The van der Waals surface area contributed by atoms with Crippen LogP contribution in [0.25, 0.3) is 0 Å². The van der Waals surface area contributed by atoms with Crippen LogP contribution >= 0.6 is 0 Å². The van der Waals surface area contributed by atoms with Crippen molar-refractivity contribution in [3.63, 3.8) is 0 Å². The summed E-state index contributed by atoms with van der Waals surface area (Å²) in [6, 6.07) is 3.85. The molecule has 0 fully saturated rings. The van der Waals surface area contributed by atoms with Gasteiger partial charge in [0.15, 0.2) is 12.6 Å². The van der Waals surface area contributed by atoms with Crippen molar-refractivity contribution in [1.29, 1.82) is 0 Å². The normalized spacial score (nSPS) is 25.7. The first-order chi connectivity index (χ1) is 6.22. The summed E-state index contributed by atoms with van der Waals surface area (Å²) in [6.45, 7) is 0. The van der Waals surface area contributed by atoms with Crippen LogP contribution in [-0.4, -0.2) is 11.4 Å². The van der Waals surface area contributed by atoms with Gasteiger partial charge in [-0.2, -0.15) is 0 Å². The number of aliphatic hydroxyl groups is 1. The minimum atomic E-state index is -1.19. The molecule has 0 radical (unpaired) electrons. The van der Waals surface area contributed by atoms with Gasteiger partial charge in [-0.15, -0.1) is 0 Å². The molecule has 3 nitrogen and oxygen atoms in total. The van der Waals surface area contributed by atoms with Crippen molar-refractivity contribution in [3.8, 4) is 0 Å². The van der Waals surface area contributed by atoms with Gasteiger partial charge in [0.2, 0.25) is 0 Å². The highest BCUT2D eigenvalue weighted by molar-refractivity contribution is 5.62. The van der Waals surface area contributed by atoms with Gasteiger partial charge in [0.05, 0.1) is 0 Å². The van der Waals surface area contributed by atoms with Gasteiger partial charge >= 0.3 is 0 Å². The summed E-state index contributed by atoms with van der Waals surface area (Å²) >= 11 is 0. The Morgan fingerprint density at radius 1 is 1.46 bits per heavy atom. The Morgan fingerprint density at radius 3 is 2.92 bits per heavy atom. The first-order valence-electron chi connectivity index (χ1n) is 3.80. The summed E-state index contributed by atoms with van der Waals surface area (Å²) < 4.78 is 17.6. The highest BCUT2D eigenvalue weighted by Crippen LogP contribution is 2.36. The predicted octanol–water partition coefficient (Wildman–Crippen LogP) is 1.09. The van der Waals surface area contributed by atoms with Crippen LogP contribution < -0.4 is 0 Å². The molecule has 13 heavy (non-hydrogen) atoms. The molecule has 0 aromatic heterocycles. The van der Waals surface area contributed by atoms with Crippen molar-refractivity contribution < 1.29 is 19.0 Å². The predicted molar refractivity (Wildman–Crippen MR) is 41.2 cm³/mol. The van der Waals surface area contributed by atoms with Gasteiger partial charge in [-0.25, -0.2) is 4.39 Å². The summed E-state index contributed by atoms with van der Waals surface area (Å²) in [5.74, 6) is -0.451. The summed E-state index contributed by atoms with van der Waals surface area (Å²) in [5.41, 5.74) is 0.862. The topological polar surface area (TPSA) is 46.5 Å². The number of aliphatic hydroxyl groups excluding tert-OH is 1. The van der Waals surface area contributed by atoms with E-state index in [1.54, 1.807) is 0 Å². The van der Waals surface area contributed by atoms with Crippen LogP contribution in [0.4, 0.5) is 4.39 Å². The van der Waals surface area contributed by atoms with Crippen molar-refractivity contribution in [1.82, 2.24) is 0 Å². The lowest BCUT2D eigenvalue weighted by atomic mass is 10.1. The van der Waals surface area contributed by atoms with E-state index in [0.29, 0.717) is 17.4 Å². The maximum atomic E-state index is 12.7. The van der Waals surface area contributed by atoms with Crippen molar-refractivity contribution >= 4 is 6.29 Å². The van der Waals surface area contributed by atoms with Crippen LogP contribution in [0.2, 0.25) is 0 Å². The third-order valence-electron chi connectivity index (χ3n) is 2.02. The van der Waals surface area contributed by atoms with Gasteiger partial charge in [-0.1, -0.05) is 6.07 Å². The van der Waals surface area contributed by atoms with Gasteiger partial charge in [0.25, 0.3) is 0 Å². The molecule has 1 aromatic rings. The highest BCUT2D eigenvalue weighted by atomic mass is 19.1. The number of rotatable bonds is 1. The molecule has 1 aromatic carbocycles. The maximum absolute atomic E-state index is 12.7. The molecule has 2 rings (SSSR count). The average Bonchev–Trinajstić information content (AvgIpc) is 2.43. The van der Waals surface area contributed by atoms with E-state index in [1.165, 1.54) is 18.2 Å². The van der Waals surface area contributed by atoms with Crippen molar-refractivity contribution in [3.05, 3.63) is 35.1 Å². The zero-order chi connectivity index (χ0) is 9.42. The fourth-order valence-electron chi connectivity index (χ4n) is 1.41. The molecule has 1 aliphatic rings. The molecule has 1 aliphatic heterocycles. The van der Waals surface area contributed by atoms with Crippen LogP contribution in [0.3, 0.4) is 0 Å². The molecule has 0 amide bonds. The van der Waals surface area contributed by atoms with Crippen LogP contribution in [0, 0.1) is 5.82 Å². The number of hydrogen-bond donors (Lipinski definition) is 1. The van der Waals surface area contributed by atoms with E-state index in [1.807, 2.05) is 0 Å². The van der Waals surface area contributed by atoms with Crippen LogP contribution in [0.15, 0.2) is 18.2 Å². The fraction of sp³-hybridized carbons (Fsp3) is 0.222. The number of benzene rings is 1. The van der Waals surface area contributed by atoms with E-state index in [-0.39, 0.29) is 0 Å². The zero-order valence-corrected chi connectivity index (χ0v) is 6.61. The number of fused-ring (bicyclic) bond motifs is 1. The molecule has 4 heteroatoms. The van der Waals surface area contributed by atoms with Gasteiger partial charge in [-0.05, 0) is 17.7 Å². The average molecular weight is 182 g/mol. The van der Waals surface area contributed by atoms with E-state index < -0.39 is 18.2 Å². The van der Waals surface area contributed by atoms with Gasteiger partial charge in [0, 0.05) is 5.56 Å². The SMILES string of the molecule is O=CC1OC(O)c2cc(F)ccc21. The number of ether oxygens (including phenoxy) is 1. The number of aldehydes is 1. The molecule has 1 heterocycles. The van der Waals surface area contributed by atoms with E-state index in [4.69, 9.17) is 4.74 Å². The quantitative estimate of drug-likeness (QED) is 0.661. The Balaban J connectivity index is 2.51. The second-order valence-corrected chi connectivity index (χ2v) is 2.82. The van der Waals surface area contributed by atoms with E-state index >= 15 is 0 Å². The Bertz CT molecular complexity index is 351. The van der Waals surface area contributed by atoms with E-state index in [9.17, 15) is 14.3 Å². The van der Waals surface area contributed by atoms with Crippen LogP contribution in [-0.2, 0) is 9.53 Å². The molecule has 0 saturated carbocycles. The number of carbonyl (C=O) groups is 1. The minimum Gasteiger partial charge on any atom is -0.364 e. The van der Waals surface area contributed by atoms with Gasteiger partial charge in [0.1, 0.15) is 11.9 Å². The van der Waals surface area contributed by atoms with Crippen LogP contribution in [0.5, 0.6) is 0 Å². The second kappa shape index (κ2) is 2.90. The summed E-state index contributed by atoms with van der Waals surface area (Å²) in [5, 5.41) is 9.26. The van der Waals surface area contributed by atoms with E-state index in [2.05, 4.69) is 0 Å². The fourth-order valence-corrected chi connectivity index (χ4v) is 1.41. The molecule has 0 bridgehead atoms. The molecule has 2 unspecified atom stereocenters. The number of carbonyl (C=O) groups excluding carboxylic acids is 1. The number of hydrogen-bond acceptors (Lipinski definition) is 3. The van der Waals surface area contributed by atoms with Crippen LogP contribution in [0.1, 0.15) is 23.5 Å². The Labute approximate surface area is 73.8 Å². The smallest absolute Gasteiger partial charge is 0.182 e.